The maximum absolute atomic E-state index is 12.1. The fraction of sp³-hybridized carbons (Fsp3) is 0.320. The Bertz CT molecular complexity index is 1710. The van der Waals surface area contributed by atoms with Crippen LogP contribution in [0.2, 0.25) is 0 Å². The molecule has 4 rings (SSSR count). The number of ketones is 1. The van der Waals surface area contributed by atoms with Crippen molar-refractivity contribution < 1.29 is 45.5 Å². The van der Waals surface area contributed by atoms with Crippen LogP contribution in [0, 0.1) is 0 Å². The third-order valence-electron chi connectivity index (χ3n) is 6.20. The molecule has 0 saturated carbocycles. The molecule has 0 saturated heterocycles. The highest BCUT2D eigenvalue weighted by Gasteiger charge is 2.24. The molecule has 2 aromatic heterocycles. The number of unbranched alkanes of at least 4 members (excludes halogenated alkanes) is 2. The zero-order valence-electron chi connectivity index (χ0n) is 20.5. The van der Waals surface area contributed by atoms with Crippen LogP contribution in [-0.2, 0) is 31.6 Å². The van der Waals surface area contributed by atoms with Crippen LogP contribution in [0.15, 0.2) is 62.9 Å². The Balaban J connectivity index is 1.67. The molecule has 0 radical (unpaired) electrons. The van der Waals surface area contributed by atoms with Crippen LogP contribution in [0.25, 0.3) is 33.5 Å². The lowest BCUT2D eigenvalue weighted by Crippen LogP contribution is -2.50. The third kappa shape index (κ3) is 6.25. The molecule has 2 heterocycles. The number of benzene rings is 2. The predicted octanol–water partition coefficient (Wildman–Crippen LogP) is 2.24. The van der Waals surface area contributed by atoms with Gasteiger partial charge in [-0.15, -0.1) is 0 Å². The Morgan fingerprint density at radius 3 is 2.50 bits per heavy atom. The quantitative estimate of drug-likeness (QED) is 0.148. The van der Waals surface area contributed by atoms with Gasteiger partial charge in [-0.25, -0.2) is 13.4 Å². The summed E-state index contributed by atoms with van der Waals surface area (Å²) in [5.74, 6) is 0.327. The number of rotatable bonds is 12. The lowest BCUT2D eigenvalue weighted by atomic mass is 10.1. The number of hydrogen-bond donors (Lipinski definition) is 2. The van der Waals surface area contributed by atoms with Gasteiger partial charge in [0.25, 0.3) is 21.7 Å². The molecule has 202 valence electrons. The number of carbonyl (C=O) groups is 1. The second-order valence-electron chi connectivity index (χ2n) is 8.97. The molecule has 0 unspecified atom stereocenters. The van der Waals surface area contributed by atoms with Gasteiger partial charge >= 0.3 is 0 Å². The number of quaternary nitrogens is 1. The van der Waals surface area contributed by atoms with Gasteiger partial charge in [0.05, 0.1) is 16.3 Å². The molecule has 0 spiro atoms. The van der Waals surface area contributed by atoms with E-state index in [-0.39, 0.29) is 28.2 Å². The van der Waals surface area contributed by atoms with E-state index in [0.29, 0.717) is 30.5 Å². The number of fused-ring (bicyclic) bond motifs is 3. The maximum Gasteiger partial charge on any atom is 0.294 e. The van der Waals surface area contributed by atoms with Crippen molar-refractivity contribution in [2.75, 3.05) is 6.54 Å². The topological polar surface area (TPSA) is 186 Å². The van der Waals surface area contributed by atoms with E-state index in [1.807, 2.05) is 16.8 Å². The smallest absolute Gasteiger partial charge is 0.294 e. The first-order valence-electron chi connectivity index (χ1n) is 12.1. The van der Waals surface area contributed by atoms with Crippen molar-refractivity contribution >= 4 is 47.9 Å². The van der Waals surface area contributed by atoms with Gasteiger partial charge in [-0.3, -0.25) is 9.35 Å². The highest BCUT2D eigenvalue weighted by Crippen LogP contribution is 2.35. The summed E-state index contributed by atoms with van der Waals surface area (Å²) < 4.78 is 76.4. The van der Waals surface area contributed by atoms with E-state index in [1.165, 1.54) is 6.07 Å². The van der Waals surface area contributed by atoms with Gasteiger partial charge in [-0.1, -0.05) is 6.07 Å². The van der Waals surface area contributed by atoms with Crippen LogP contribution >= 0.6 is 0 Å². The average Bonchev–Trinajstić information content (AvgIpc) is 3.31. The molecule has 2 aromatic carbocycles. The van der Waals surface area contributed by atoms with E-state index in [2.05, 4.69) is 10.7 Å². The van der Waals surface area contributed by atoms with Gasteiger partial charge in [0, 0.05) is 43.2 Å². The van der Waals surface area contributed by atoms with Crippen molar-refractivity contribution in [2.24, 2.45) is 0 Å². The largest absolute Gasteiger partial charge is 0.744 e. The van der Waals surface area contributed by atoms with Crippen molar-refractivity contribution in [3.63, 3.8) is 0 Å². The molecule has 0 aliphatic rings. The second-order valence-corrected chi connectivity index (χ2v) is 11.7. The number of nitrogens with zero attached hydrogens (tertiary/aromatic N) is 2. The second kappa shape index (κ2) is 11.3. The van der Waals surface area contributed by atoms with Gasteiger partial charge in [0.2, 0.25) is 0 Å². The Hall–Kier alpha value is -3.23. The average molecular weight is 563 g/mol. The van der Waals surface area contributed by atoms with E-state index in [9.17, 15) is 30.7 Å². The van der Waals surface area contributed by atoms with Crippen LogP contribution in [0.3, 0.4) is 0 Å². The van der Waals surface area contributed by atoms with Crippen LogP contribution in [0.5, 0.6) is 0 Å². The SMILES string of the molecule is [NH3+]CCCC(=O)CCCCC[n+]1ccccc1-c1nc2c(o1)c(S(=O)(=O)[O-])cc1cc(S(=O)(=O)O)ccc12. The Kier molecular flexibility index (Phi) is 8.23. The fourth-order valence-corrected chi connectivity index (χ4v) is 5.45. The van der Waals surface area contributed by atoms with E-state index in [4.69, 9.17) is 4.42 Å². The summed E-state index contributed by atoms with van der Waals surface area (Å²) in [6.45, 7) is 1.34. The van der Waals surface area contributed by atoms with Crippen LogP contribution in [-0.4, -0.2) is 43.3 Å². The van der Waals surface area contributed by atoms with Crippen molar-refractivity contribution in [2.45, 2.75) is 54.9 Å². The van der Waals surface area contributed by atoms with Crippen LogP contribution in [0.4, 0.5) is 0 Å². The van der Waals surface area contributed by atoms with Gasteiger partial charge in [0.1, 0.15) is 28.0 Å². The standard InChI is InChI=1S/C25H27N3O8S2/c26-12-6-8-18(29)7-2-1-4-13-28-14-5-3-9-21(28)25-27-23-20-11-10-19(37(30,31)32)15-17(20)16-22(24(23)36-25)38(33,34)35/h3,5,9-11,14-16H,1-2,4,6-8,12-13,26H2,(H-,30,31,32,33,34,35)/p+1. The number of aryl methyl sites for hydroxylation is 1. The molecule has 0 atom stereocenters. The summed E-state index contributed by atoms with van der Waals surface area (Å²) in [5.41, 5.74) is 4.13. The van der Waals surface area contributed by atoms with Crippen molar-refractivity contribution in [1.82, 2.24) is 4.98 Å². The first-order chi connectivity index (χ1) is 18.0. The molecular formula is C25H28N3O8S2+. The highest BCUT2D eigenvalue weighted by molar-refractivity contribution is 7.86. The minimum Gasteiger partial charge on any atom is -0.744 e. The molecule has 38 heavy (non-hydrogen) atoms. The van der Waals surface area contributed by atoms with Crippen molar-refractivity contribution in [3.05, 3.63) is 48.7 Å². The van der Waals surface area contributed by atoms with Gasteiger partial charge < -0.3 is 14.7 Å². The molecule has 0 aliphatic carbocycles. The zero-order chi connectivity index (χ0) is 27.5. The number of oxazole rings is 1. The molecule has 13 heteroatoms. The van der Waals surface area contributed by atoms with Crippen LogP contribution in [0.1, 0.15) is 38.5 Å². The summed E-state index contributed by atoms with van der Waals surface area (Å²) in [6.07, 6.45) is 6.13. The lowest BCUT2D eigenvalue weighted by molar-refractivity contribution is -0.687. The summed E-state index contributed by atoms with van der Waals surface area (Å²) >= 11 is 0. The maximum atomic E-state index is 12.1. The third-order valence-corrected chi connectivity index (χ3v) is 7.89. The Labute approximate surface area is 219 Å². The molecule has 0 amide bonds. The van der Waals surface area contributed by atoms with Gasteiger partial charge in [-0.05, 0) is 42.5 Å². The lowest BCUT2D eigenvalue weighted by Gasteiger charge is -2.09. The van der Waals surface area contributed by atoms with Crippen LogP contribution < -0.4 is 10.3 Å². The Morgan fingerprint density at radius 2 is 1.79 bits per heavy atom. The summed E-state index contributed by atoms with van der Waals surface area (Å²) in [4.78, 5) is 15.2. The van der Waals surface area contributed by atoms with Gasteiger partial charge in [-0.2, -0.15) is 13.0 Å². The molecule has 11 nitrogen and oxygen atoms in total. The van der Waals surface area contributed by atoms with Crippen molar-refractivity contribution in [1.29, 1.82) is 0 Å². The zero-order valence-corrected chi connectivity index (χ0v) is 22.1. The Morgan fingerprint density at radius 1 is 1.03 bits per heavy atom. The molecular weight excluding hydrogens is 534 g/mol. The van der Waals surface area contributed by atoms with Gasteiger partial charge in [0.15, 0.2) is 11.8 Å². The number of hydrogen-bond acceptors (Lipinski definition) is 8. The first kappa shape index (κ1) is 27.8. The summed E-state index contributed by atoms with van der Waals surface area (Å²) in [7, 11) is -9.57. The summed E-state index contributed by atoms with van der Waals surface area (Å²) in [5, 5.41) is 0.438. The molecule has 0 fully saturated rings. The fourth-order valence-electron chi connectivity index (χ4n) is 4.30. The normalized spacial score (nSPS) is 12.4. The summed E-state index contributed by atoms with van der Waals surface area (Å²) in [6, 6.07) is 9.95. The van der Waals surface area contributed by atoms with E-state index in [1.54, 1.807) is 12.1 Å². The monoisotopic (exact) mass is 562 g/mol. The molecule has 0 bridgehead atoms. The minimum atomic E-state index is -5.02. The number of aromatic nitrogens is 2. The van der Waals surface area contributed by atoms with Crippen molar-refractivity contribution in [3.8, 4) is 11.6 Å². The number of pyridine rings is 1. The molecule has 0 aliphatic heterocycles. The number of Topliss-reactive ketones (excluding diaryl/α,β-unsaturated/α-hetero) is 1. The highest BCUT2D eigenvalue weighted by atomic mass is 32.2. The first-order valence-corrected chi connectivity index (χ1v) is 14.9. The predicted molar refractivity (Wildman–Crippen MR) is 135 cm³/mol. The van der Waals surface area contributed by atoms with E-state index in [0.717, 1.165) is 50.4 Å². The van der Waals surface area contributed by atoms with E-state index < -0.39 is 30.0 Å². The molecule has 4 N–H and O–H groups in total. The number of carbonyl (C=O) groups excluding carboxylic acids is 1. The van der Waals surface area contributed by atoms with E-state index >= 15 is 0 Å². The molecule has 4 aromatic rings. The minimum absolute atomic E-state index is 0.0741.